The number of carbonyl (C=O) groups is 1. The van der Waals surface area contributed by atoms with Gasteiger partial charge in [0.15, 0.2) is 0 Å². The number of nitrogens with zero attached hydrogens (tertiary/aromatic N) is 1. The van der Waals surface area contributed by atoms with Gasteiger partial charge in [0.25, 0.3) is 0 Å². The topological polar surface area (TPSA) is 75.2 Å². The molecule has 2 N–H and O–H groups in total. The standard InChI is InChI=1S/C13H13BrN2O3/c1-6-4-8(12(19-3)7(2)11(6)14)9-5-10(13(17)18)16-15-9/h4-5H,1-3H3,(H,15,16)(H,17,18). The Morgan fingerprint density at radius 1 is 1.42 bits per heavy atom. The van der Waals surface area contributed by atoms with Gasteiger partial charge >= 0.3 is 5.97 Å². The average Bonchev–Trinajstić information content (AvgIpc) is 2.85. The predicted molar refractivity (Wildman–Crippen MR) is 74.7 cm³/mol. The van der Waals surface area contributed by atoms with Gasteiger partial charge in [-0.3, -0.25) is 5.10 Å². The highest BCUT2D eigenvalue weighted by atomic mass is 79.9. The van der Waals surface area contributed by atoms with Gasteiger partial charge in [0.05, 0.1) is 12.8 Å². The fraction of sp³-hybridized carbons (Fsp3) is 0.231. The molecule has 2 aromatic rings. The summed E-state index contributed by atoms with van der Waals surface area (Å²) in [4.78, 5) is 10.9. The number of nitrogens with one attached hydrogen (secondary N) is 1. The normalized spacial score (nSPS) is 10.5. The molecule has 1 heterocycles. The molecule has 0 amide bonds. The molecule has 0 unspecified atom stereocenters. The van der Waals surface area contributed by atoms with Gasteiger partial charge in [0.1, 0.15) is 11.4 Å². The summed E-state index contributed by atoms with van der Waals surface area (Å²) in [6.07, 6.45) is 0. The van der Waals surface area contributed by atoms with Crippen molar-refractivity contribution in [2.24, 2.45) is 0 Å². The third kappa shape index (κ3) is 2.35. The molecule has 0 aliphatic carbocycles. The van der Waals surface area contributed by atoms with Crippen LogP contribution in [0.5, 0.6) is 5.75 Å². The molecule has 1 aromatic heterocycles. The number of aryl methyl sites for hydroxylation is 1. The second kappa shape index (κ2) is 5.05. The van der Waals surface area contributed by atoms with Gasteiger partial charge in [-0.25, -0.2) is 4.79 Å². The van der Waals surface area contributed by atoms with Crippen molar-refractivity contribution in [3.05, 3.63) is 33.4 Å². The van der Waals surface area contributed by atoms with E-state index in [9.17, 15) is 4.79 Å². The summed E-state index contributed by atoms with van der Waals surface area (Å²) in [7, 11) is 1.58. The number of ether oxygens (including phenoxy) is 1. The molecule has 0 aliphatic heterocycles. The Balaban J connectivity index is 2.63. The van der Waals surface area contributed by atoms with Crippen LogP contribution in [-0.2, 0) is 0 Å². The fourth-order valence-corrected chi connectivity index (χ4v) is 2.26. The van der Waals surface area contributed by atoms with Crippen LogP contribution in [0.3, 0.4) is 0 Å². The Morgan fingerprint density at radius 3 is 2.63 bits per heavy atom. The highest BCUT2D eigenvalue weighted by Crippen LogP contribution is 2.38. The summed E-state index contributed by atoms with van der Waals surface area (Å²) in [5.74, 6) is -0.357. The van der Waals surface area contributed by atoms with Crippen LogP contribution in [0, 0.1) is 13.8 Å². The van der Waals surface area contributed by atoms with Gasteiger partial charge < -0.3 is 9.84 Å². The van der Waals surface area contributed by atoms with Crippen LogP contribution in [0.1, 0.15) is 21.6 Å². The van der Waals surface area contributed by atoms with E-state index in [-0.39, 0.29) is 5.69 Å². The predicted octanol–water partition coefficient (Wildman–Crippen LogP) is 3.16. The monoisotopic (exact) mass is 324 g/mol. The van der Waals surface area contributed by atoms with E-state index < -0.39 is 5.97 Å². The van der Waals surface area contributed by atoms with Crippen LogP contribution in [0.2, 0.25) is 0 Å². The van der Waals surface area contributed by atoms with Crippen molar-refractivity contribution >= 4 is 21.9 Å². The Kier molecular flexibility index (Phi) is 3.61. The summed E-state index contributed by atoms with van der Waals surface area (Å²) < 4.78 is 6.38. The van der Waals surface area contributed by atoms with Gasteiger partial charge in [-0.1, -0.05) is 15.9 Å². The molecule has 100 valence electrons. The third-order valence-corrected chi connectivity index (χ3v) is 4.13. The lowest BCUT2D eigenvalue weighted by atomic mass is 10.0. The molecule has 0 radical (unpaired) electrons. The number of aromatic amines is 1. The number of aromatic carboxylic acids is 1. The number of H-pyrrole nitrogens is 1. The van der Waals surface area contributed by atoms with Crippen molar-refractivity contribution in [3.63, 3.8) is 0 Å². The first-order valence-corrected chi connectivity index (χ1v) is 6.37. The van der Waals surface area contributed by atoms with Crippen LogP contribution in [0.15, 0.2) is 16.6 Å². The van der Waals surface area contributed by atoms with E-state index in [4.69, 9.17) is 9.84 Å². The van der Waals surface area contributed by atoms with Gasteiger partial charge in [-0.05, 0) is 31.5 Å². The van der Waals surface area contributed by atoms with Crippen molar-refractivity contribution in [2.45, 2.75) is 13.8 Å². The number of halogens is 1. The molecule has 0 atom stereocenters. The first-order valence-electron chi connectivity index (χ1n) is 5.58. The maximum absolute atomic E-state index is 10.9. The summed E-state index contributed by atoms with van der Waals surface area (Å²) in [6, 6.07) is 3.41. The average molecular weight is 325 g/mol. The molecule has 0 saturated carbocycles. The van der Waals surface area contributed by atoms with Crippen molar-refractivity contribution in [1.29, 1.82) is 0 Å². The molecule has 0 saturated heterocycles. The number of benzene rings is 1. The summed E-state index contributed by atoms with van der Waals surface area (Å²) in [6.45, 7) is 3.90. The molecule has 5 nitrogen and oxygen atoms in total. The summed E-state index contributed by atoms with van der Waals surface area (Å²) in [5.41, 5.74) is 3.36. The minimum absolute atomic E-state index is 0.0512. The molecule has 6 heteroatoms. The maximum atomic E-state index is 10.9. The zero-order valence-electron chi connectivity index (χ0n) is 10.7. The number of rotatable bonds is 3. The summed E-state index contributed by atoms with van der Waals surface area (Å²) in [5, 5.41) is 15.4. The van der Waals surface area contributed by atoms with E-state index in [1.807, 2.05) is 19.9 Å². The molecule has 19 heavy (non-hydrogen) atoms. The lowest BCUT2D eigenvalue weighted by Crippen LogP contribution is -1.95. The maximum Gasteiger partial charge on any atom is 0.353 e. The smallest absolute Gasteiger partial charge is 0.353 e. The Bertz CT molecular complexity index is 650. The molecule has 0 spiro atoms. The first-order chi connectivity index (χ1) is 8.95. The van der Waals surface area contributed by atoms with Crippen molar-refractivity contribution < 1.29 is 14.6 Å². The molecule has 2 rings (SSSR count). The zero-order valence-corrected chi connectivity index (χ0v) is 12.3. The lowest BCUT2D eigenvalue weighted by Gasteiger charge is -2.13. The van der Waals surface area contributed by atoms with Crippen LogP contribution in [0.25, 0.3) is 11.3 Å². The van der Waals surface area contributed by atoms with Crippen LogP contribution in [-0.4, -0.2) is 28.4 Å². The molecular weight excluding hydrogens is 312 g/mol. The number of carboxylic acid groups (broad SMARTS) is 1. The van der Waals surface area contributed by atoms with E-state index in [1.54, 1.807) is 7.11 Å². The van der Waals surface area contributed by atoms with E-state index in [2.05, 4.69) is 26.1 Å². The van der Waals surface area contributed by atoms with E-state index in [0.29, 0.717) is 11.4 Å². The Morgan fingerprint density at radius 2 is 2.11 bits per heavy atom. The van der Waals surface area contributed by atoms with E-state index in [0.717, 1.165) is 21.2 Å². The number of hydrogen-bond acceptors (Lipinski definition) is 3. The van der Waals surface area contributed by atoms with Crippen molar-refractivity contribution in [1.82, 2.24) is 10.2 Å². The van der Waals surface area contributed by atoms with Crippen LogP contribution in [0.4, 0.5) is 0 Å². The van der Waals surface area contributed by atoms with Gasteiger partial charge in [-0.2, -0.15) is 5.10 Å². The molecular formula is C13H13BrN2O3. The van der Waals surface area contributed by atoms with E-state index in [1.165, 1.54) is 6.07 Å². The van der Waals surface area contributed by atoms with Crippen molar-refractivity contribution in [2.75, 3.05) is 7.11 Å². The molecule has 0 fully saturated rings. The summed E-state index contributed by atoms with van der Waals surface area (Å²) >= 11 is 3.50. The minimum atomic E-state index is -1.04. The largest absolute Gasteiger partial charge is 0.496 e. The first kappa shape index (κ1) is 13.6. The Hall–Kier alpha value is -1.82. The second-order valence-corrected chi connectivity index (χ2v) is 4.98. The number of aromatic nitrogens is 2. The third-order valence-electron chi connectivity index (χ3n) is 2.91. The van der Waals surface area contributed by atoms with Gasteiger partial charge in [-0.15, -0.1) is 0 Å². The zero-order chi connectivity index (χ0) is 14.2. The molecule has 0 aliphatic rings. The Labute approximate surface area is 118 Å². The quantitative estimate of drug-likeness (QED) is 0.909. The van der Waals surface area contributed by atoms with Gasteiger partial charge in [0.2, 0.25) is 0 Å². The SMILES string of the molecule is COc1c(-c2cc(C(=O)O)[nH]n2)cc(C)c(Br)c1C. The van der Waals surface area contributed by atoms with E-state index >= 15 is 0 Å². The van der Waals surface area contributed by atoms with Crippen molar-refractivity contribution in [3.8, 4) is 17.0 Å². The second-order valence-electron chi connectivity index (χ2n) is 4.19. The fourth-order valence-electron chi connectivity index (χ4n) is 1.97. The number of carboxylic acids is 1. The number of hydrogen-bond donors (Lipinski definition) is 2. The molecule has 1 aromatic carbocycles. The van der Waals surface area contributed by atoms with Crippen LogP contribution < -0.4 is 4.74 Å². The van der Waals surface area contributed by atoms with Crippen LogP contribution >= 0.6 is 15.9 Å². The number of methoxy groups -OCH3 is 1. The highest BCUT2D eigenvalue weighted by Gasteiger charge is 2.17. The lowest BCUT2D eigenvalue weighted by molar-refractivity contribution is 0.0690. The molecule has 0 bridgehead atoms. The minimum Gasteiger partial charge on any atom is -0.496 e. The highest BCUT2D eigenvalue weighted by molar-refractivity contribution is 9.10. The van der Waals surface area contributed by atoms with Gasteiger partial charge in [0, 0.05) is 15.6 Å².